The number of ether oxygens (including phenoxy) is 1. The molecule has 1 aromatic rings. The summed E-state index contributed by atoms with van der Waals surface area (Å²) < 4.78 is 5.53. The van der Waals surface area contributed by atoms with Crippen LogP contribution in [0.25, 0.3) is 0 Å². The first kappa shape index (κ1) is 10.2. The van der Waals surface area contributed by atoms with Crippen LogP contribution in [0.15, 0.2) is 11.1 Å². The van der Waals surface area contributed by atoms with E-state index in [2.05, 4.69) is 10.1 Å². The summed E-state index contributed by atoms with van der Waals surface area (Å²) in [5.41, 5.74) is -0.111. The van der Waals surface area contributed by atoms with Crippen LogP contribution in [0.2, 0.25) is 0 Å². The average Bonchev–Trinajstić information content (AvgIpc) is 2.70. The molecular formula is C9H7N3O4. The topological polar surface area (TPSA) is 90.6 Å². The lowest BCUT2D eigenvalue weighted by Crippen LogP contribution is -2.23. The van der Waals surface area contributed by atoms with Crippen molar-refractivity contribution in [2.75, 3.05) is 6.61 Å². The van der Waals surface area contributed by atoms with Gasteiger partial charge in [-0.05, 0) is 6.92 Å². The maximum absolute atomic E-state index is 11.3. The Morgan fingerprint density at radius 1 is 1.50 bits per heavy atom. The highest BCUT2D eigenvalue weighted by Crippen LogP contribution is 2.10. The SMILES string of the molecule is CCOC(=O)c1cc2n(n1)C(=O)C=NC2=O. The van der Waals surface area contributed by atoms with Crippen molar-refractivity contribution >= 4 is 24.0 Å². The van der Waals surface area contributed by atoms with Gasteiger partial charge in [-0.3, -0.25) is 9.59 Å². The van der Waals surface area contributed by atoms with Gasteiger partial charge in [0.1, 0.15) is 5.69 Å². The number of carbonyl (C=O) groups excluding carboxylic acids is 3. The summed E-state index contributed by atoms with van der Waals surface area (Å²) in [4.78, 5) is 37.2. The Morgan fingerprint density at radius 2 is 2.25 bits per heavy atom. The minimum absolute atomic E-state index is 0.0319. The van der Waals surface area contributed by atoms with Crippen molar-refractivity contribution in [1.29, 1.82) is 0 Å². The summed E-state index contributed by atoms with van der Waals surface area (Å²) >= 11 is 0. The van der Waals surface area contributed by atoms with Crippen LogP contribution in [0.5, 0.6) is 0 Å². The predicted octanol–water partition coefficient (Wildman–Crippen LogP) is -0.0754. The van der Waals surface area contributed by atoms with Crippen molar-refractivity contribution in [3.63, 3.8) is 0 Å². The standard InChI is InChI=1S/C9H7N3O4/c1-2-16-9(15)5-3-6-8(14)10-4-7(13)12(6)11-5/h3-4H,2H2,1H3. The molecule has 0 saturated carbocycles. The van der Waals surface area contributed by atoms with E-state index in [-0.39, 0.29) is 18.0 Å². The van der Waals surface area contributed by atoms with Gasteiger partial charge < -0.3 is 4.74 Å². The Balaban J connectivity index is 2.41. The lowest BCUT2D eigenvalue weighted by Gasteiger charge is -2.02. The summed E-state index contributed by atoms with van der Waals surface area (Å²) in [5, 5.41) is 3.68. The van der Waals surface area contributed by atoms with Crippen molar-refractivity contribution in [2.24, 2.45) is 4.99 Å². The van der Waals surface area contributed by atoms with E-state index in [1.54, 1.807) is 6.92 Å². The number of esters is 1. The van der Waals surface area contributed by atoms with Crippen LogP contribution in [0.1, 0.15) is 32.7 Å². The van der Waals surface area contributed by atoms with Crippen molar-refractivity contribution in [3.8, 4) is 0 Å². The first-order valence-corrected chi connectivity index (χ1v) is 4.53. The Morgan fingerprint density at radius 3 is 2.88 bits per heavy atom. The zero-order chi connectivity index (χ0) is 11.7. The summed E-state index contributed by atoms with van der Waals surface area (Å²) in [6, 6.07) is 1.19. The maximum Gasteiger partial charge on any atom is 0.358 e. The van der Waals surface area contributed by atoms with Gasteiger partial charge in [0.05, 0.1) is 12.8 Å². The maximum atomic E-state index is 11.3. The summed E-state index contributed by atoms with van der Waals surface area (Å²) in [6.45, 7) is 1.84. The van der Waals surface area contributed by atoms with E-state index in [0.29, 0.717) is 0 Å². The van der Waals surface area contributed by atoms with Crippen LogP contribution in [-0.2, 0) is 4.74 Å². The molecule has 0 unspecified atom stereocenters. The van der Waals surface area contributed by atoms with Crippen molar-refractivity contribution < 1.29 is 19.1 Å². The predicted molar refractivity (Wildman–Crippen MR) is 51.6 cm³/mol. The number of amides is 1. The smallest absolute Gasteiger partial charge is 0.358 e. The molecular weight excluding hydrogens is 214 g/mol. The summed E-state index contributed by atoms with van der Waals surface area (Å²) in [5.74, 6) is -1.85. The molecule has 0 N–H and O–H groups in total. The zero-order valence-corrected chi connectivity index (χ0v) is 8.34. The number of nitrogens with zero attached hydrogens (tertiary/aromatic N) is 3. The quantitative estimate of drug-likeness (QED) is 0.651. The van der Waals surface area contributed by atoms with E-state index in [1.807, 2.05) is 0 Å². The molecule has 0 fully saturated rings. The van der Waals surface area contributed by atoms with Crippen LogP contribution in [-0.4, -0.2) is 40.4 Å². The molecule has 2 rings (SSSR count). The highest BCUT2D eigenvalue weighted by atomic mass is 16.5. The molecule has 0 radical (unpaired) electrons. The normalized spacial score (nSPS) is 13.8. The summed E-state index contributed by atoms with van der Waals surface area (Å²) in [7, 11) is 0. The van der Waals surface area contributed by atoms with Crippen LogP contribution in [0, 0.1) is 0 Å². The Kier molecular flexibility index (Phi) is 2.35. The largest absolute Gasteiger partial charge is 0.461 e. The minimum Gasteiger partial charge on any atom is -0.461 e. The van der Waals surface area contributed by atoms with Crippen LogP contribution >= 0.6 is 0 Å². The van der Waals surface area contributed by atoms with E-state index < -0.39 is 17.8 Å². The van der Waals surface area contributed by atoms with E-state index in [1.165, 1.54) is 6.07 Å². The van der Waals surface area contributed by atoms with Crippen LogP contribution in [0.3, 0.4) is 0 Å². The molecule has 0 saturated heterocycles. The van der Waals surface area contributed by atoms with Gasteiger partial charge in [-0.2, -0.15) is 9.78 Å². The summed E-state index contributed by atoms with van der Waals surface area (Å²) in [6.07, 6.45) is 0.858. The molecule has 0 aliphatic carbocycles. The van der Waals surface area contributed by atoms with Crippen LogP contribution < -0.4 is 0 Å². The minimum atomic E-state index is -0.676. The lowest BCUT2D eigenvalue weighted by molar-refractivity contribution is 0.0518. The molecule has 2 heterocycles. The van der Waals surface area contributed by atoms with Crippen molar-refractivity contribution in [3.05, 3.63) is 17.5 Å². The second-order valence-electron chi connectivity index (χ2n) is 2.95. The highest BCUT2D eigenvalue weighted by Gasteiger charge is 2.25. The number of aromatic nitrogens is 2. The van der Waals surface area contributed by atoms with E-state index in [0.717, 1.165) is 10.9 Å². The van der Waals surface area contributed by atoms with Gasteiger partial charge in [-0.1, -0.05) is 0 Å². The molecule has 0 atom stereocenters. The van der Waals surface area contributed by atoms with Gasteiger partial charge in [-0.25, -0.2) is 9.79 Å². The fourth-order valence-corrected chi connectivity index (χ4v) is 1.24. The second-order valence-corrected chi connectivity index (χ2v) is 2.95. The van der Waals surface area contributed by atoms with E-state index in [9.17, 15) is 14.4 Å². The van der Waals surface area contributed by atoms with Crippen molar-refractivity contribution in [2.45, 2.75) is 6.92 Å². The van der Waals surface area contributed by atoms with Crippen molar-refractivity contribution in [1.82, 2.24) is 9.78 Å². The molecule has 0 aromatic carbocycles. The van der Waals surface area contributed by atoms with Gasteiger partial charge in [0, 0.05) is 6.07 Å². The number of carbonyl (C=O) groups is 3. The van der Waals surface area contributed by atoms with Gasteiger partial charge >= 0.3 is 5.97 Å². The van der Waals surface area contributed by atoms with Gasteiger partial charge in [0.2, 0.25) is 0 Å². The second kappa shape index (κ2) is 3.69. The number of hydrogen-bond donors (Lipinski definition) is 0. The number of rotatable bonds is 2. The van der Waals surface area contributed by atoms with E-state index in [4.69, 9.17) is 4.74 Å². The number of fused-ring (bicyclic) bond motifs is 1. The third-order valence-corrected chi connectivity index (χ3v) is 1.91. The lowest BCUT2D eigenvalue weighted by atomic mass is 10.3. The van der Waals surface area contributed by atoms with Crippen LogP contribution in [0.4, 0.5) is 0 Å². The van der Waals surface area contributed by atoms with Gasteiger partial charge in [0.25, 0.3) is 11.8 Å². The zero-order valence-electron chi connectivity index (χ0n) is 8.34. The Labute approximate surface area is 89.7 Å². The first-order valence-electron chi connectivity index (χ1n) is 4.53. The van der Waals surface area contributed by atoms with Gasteiger partial charge in [-0.15, -0.1) is 0 Å². The molecule has 1 aliphatic rings. The molecule has 0 spiro atoms. The van der Waals surface area contributed by atoms with E-state index >= 15 is 0 Å². The number of hydrogen-bond acceptors (Lipinski definition) is 5. The Hall–Kier alpha value is -2.31. The number of aliphatic imine (C=N–C) groups is 1. The molecule has 1 aromatic heterocycles. The average molecular weight is 221 g/mol. The highest BCUT2D eigenvalue weighted by molar-refractivity contribution is 6.32. The molecule has 1 amide bonds. The third-order valence-electron chi connectivity index (χ3n) is 1.91. The molecule has 0 bridgehead atoms. The monoisotopic (exact) mass is 221 g/mol. The molecule has 7 heteroatoms. The Bertz CT molecular complexity index is 479. The molecule has 7 nitrogen and oxygen atoms in total. The fraction of sp³-hybridized carbons (Fsp3) is 0.222. The van der Waals surface area contributed by atoms with Gasteiger partial charge in [0.15, 0.2) is 5.69 Å². The molecule has 82 valence electrons. The third kappa shape index (κ3) is 1.52. The molecule has 1 aliphatic heterocycles. The fourth-order valence-electron chi connectivity index (χ4n) is 1.24. The first-order chi connectivity index (χ1) is 7.63. The molecule has 16 heavy (non-hydrogen) atoms.